The Morgan fingerprint density at radius 1 is 0.648 bits per heavy atom. The van der Waals surface area contributed by atoms with E-state index in [0.717, 1.165) is 57.8 Å². The van der Waals surface area contributed by atoms with Crippen LogP contribution in [0.5, 0.6) is 0 Å². The van der Waals surface area contributed by atoms with E-state index >= 15 is 0 Å². The summed E-state index contributed by atoms with van der Waals surface area (Å²) in [5.74, 6) is -2.07. The minimum Gasteiger partial charge on any atom is -0.462 e. The third kappa shape index (κ3) is 17.7. The van der Waals surface area contributed by atoms with Gasteiger partial charge in [0.2, 0.25) is 0 Å². The summed E-state index contributed by atoms with van der Waals surface area (Å²) in [7, 11) is -4.61. The SMILES string of the molecule is CCCCc1ccc(CCCCCC(=O)OCC(CO[C@H]2O[C@H](CS(=O)(=O)O)[C@@H](O)[C@H](O)[C@H]2O)OC(=O)CCCCCc2ccc(CCCC)cc2)cc1. The minimum absolute atomic E-state index is 0.117. The van der Waals surface area contributed by atoms with Crippen molar-refractivity contribution in [1.29, 1.82) is 0 Å². The molecule has 1 saturated heterocycles. The molecule has 6 atom stereocenters. The van der Waals surface area contributed by atoms with Gasteiger partial charge in [-0.05, 0) is 86.5 Å². The van der Waals surface area contributed by atoms with Crippen molar-refractivity contribution in [2.75, 3.05) is 19.0 Å². The van der Waals surface area contributed by atoms with Crippen LogP contribution in [-0.2, 0) is 64.3 Å². The van der Waals surface area contributed by atoms with Crippen LogP contribution in [0.3, 0.4) is 0 Å². The van der Waals surface area contributed by atoms with Gasteiger partial charge in [0.05, 0.1) is 6.61 Å². The second-order valence-electron chi connectivity index (χ2n) is 14.4. The van der Waals surface area contributed by atoms with Gasteiger partial charge >= 0.3 is 11.9 Å². The van der Waals surface area contributed by atoms with Gasteiger partial charge in [-0.25, -0.2) is 0 Å². The van der Waals surface area contributed by atoms with Crippen molar-refractivity contribution < 1.29 is 56.8 Å². The van der Waals surface area contributed by atoms with Crippen molar-refractivity contribution >= 4 is 22.1 Å². The van der Waals surface area contributed by atoms with Crippen LogP contribution in [-0.4, -0.2) is 96.0 Å². The number of ether oxygens (including phenoxy) is 4. The Morgan fingerprint density at radius 3 is 1.57 bits per heavy atom. The number of aliphatic hydroxyl groups excluding tert-OH is 3. The van der Waals surface area contributed by atoms with Crippen LogP contribution in [0.4, 0.5) is 0 Å². The minimum atomic E-state index is -4.61. The molecule has 54 heavy (non-hydrogen) atoms. The zero-order chi connectivity index (χ0) is 39.3. The van der Waals surface area contributed by atoms with Gasteiger partial charge in [0.15, 0.2) is 12.4 Å². The lowest BCUT2D eigenvalue weighted by molar-refractivity contribution is -0.297. The summed E-state index contributed by atoms with van der Waals surface area (Å²) in [5.41, 5.74) is 5.17. The molecule has 2 aromatic rings. The third-order valence-electron chi connectivity index (χ3n) is 9.59. The van der Waals surface area contributed by atoms with Crippen LogP contribution >= 0.6 is 0 Å². The first kappa shape index (κ1) is 45.5. The van der Waals surface area contributed by atoms with E-state index in [1.165, 1.54) is 41.5 Å². The highest BCUT2D eigenvalue weighted by atomic mass is 32.2. The molecule has 2 aromatic carbocycles. The molecule has 1 aliphatic heterocycles. The van der Waals surface area contributed by atoms with Gasteiger partial charge in [0, 0.05) is 12.8 Å². The molecule has 13 heteroatoms. The number of hydrogen-bond acceptors (Lipinski definition) is 11. The van der Waals surface area contributed by atoms with Gasteiger partial charge in [0.1, 0.15) is 36.8 Å². The first-order valence-corrected chi connectivity index (χ1v) is 21.3. The smallest absolute Gasteiger partial charge is 0.306 e. The Kier molecular flexibility index (Phi) is 20.7. The van der Waals surface area contributed by atoms with E-state index in [9.17, 15) is 37.9 Å². The molecule has 3 rings (SSSR count). The molecule has 0 bridgehead atoms. The number of hydrogen-bond donors (Lipinski definition) is 4. The van der Waals surface area contributed by atoms with Crippen LogP contribution < -0.4 is 0 Å². The monoisotopic (exact) mass is 778 g/mol. The van der Waals surface area contributed by atoms with Gasteiger partial charge in [-0.1, -0.05) is 88.1 Å². The maximum absolute atomic E-state index is 12.8. The van der Waals surface area contributed by atoms with Gasteiger partial charge in [0.25, 0.3) is 10.1 Å². The molecule has 0 aliphatic carbocycles. The number of aryl methyl sites for hydroxylation is 4. The summed E-state index contributed by atoms with van der Waals surface area (Å²) in [4.78, 5) is 25.5. The average molecular weight is 779 g/mol. The fraction of sp³-hybridized carbons (Fsp3) is 0.659. The normalized spacial score (nSPS) is 20.7. The molecular weight excluding hydrogens is 717 g/mol. The van der Waals surface area contributed by atoms with E-state index in [4.69, 9.17) is 18.9 Å². The molecule has 0 saturated carbocycles. The molecular formula is C41H62O12S. The van der Waals surface area contributed by atoms with Crippen molar-refractivity contribution in [3.8, 4) is 0 Å². The Hall–Kier alpha value is -2.91. The highest BCUT2D eigenvalue weighted by molar-refractivity contribution is 7.85. The molecule has 0 radical (unpaired) electrons. The van der Waals surface area contributed by atoms with Crippen LogP contribution in [0.15, 0.2) is 48.5 Å². The molecule has 1 fully saturated rings. The lowest BCUT2D eigenvalue weighted by Gasteiger charge is -2.40. The Labute approximate surface area is 321 Å². The van der Waals surface area contributed by atoms with Crippen molar-refractivity contribution in [1.82, 2.24) is 0 Å². The number of unbranched alkanes of at least 4 members (excludes halogenated alkanes) is 6. The van der Waals surface area contributed by atoms with E-state index in [1.807, 2.05) is 0 Å². The first-order valence-electron chi connectivity index (χ1n) is 19.7. The number of aliphatic hydroxyl groups is 3. The van der Waals surface area contributed by atoms with Crippen molar-refractivity contribution in [2.24, 2.45) is 0 Å². The Bertz CT molecular complexity index is 1460. The predicted octanol–water partition coefficient (Wildman–Crippen LogP) is 5.44. The maximum Gasteiger partial charge on any atom is 0.306 e. The summed E-state index contributed by atoms with van der Waals surface area (Å²) >= 11 is 0. The largest absolute Gasteiger partial charge is 0.462 e. The summed E-state index contributed by atoms with van der Waals surface area (Å²) < 4.78 is 54.0. The number of rotatable bonds is 26. The van der Waals surface area contributed by atoms with Gasteiger partial charge in [-0.3, -0.25) is 14.1 Å². The molecule has 304 valence electrons. The van der Waals surface area contributed by atoms with E-state index in [1.54, 1.807) is 0 Å². The second-order valence-corrected chi connectivity index (χ2v) is 15.9. The first-order chi connectivity index (χ1) is 25.9. The number of carbonyl (C=O) groups is 2. The molecule has 0 aromatic heterocycles. The average Bonchev–Trinajstić information content (AvgIpc) is 3.15. The number of carbonyl (C=O) groups excluding carboxylic acids is 2. The quantitative estimate of drug-likeness (QED) is 0.0539. The van der Waals surface area contributed by atoms with E-state index in [0.29, 0.717) is 12.8 Å². The molecule has 0 amide bonds. The van der Waals surface area contributed by atoms with Crippen LogP contribution in [0.1, 0.15) is 113 Å². The topological polar surface area (TPSA) is 186 Å². The number of benzene rings is 2. The van der Waals surface area contributed by atoms with Gasteiger partial charge in [-0.2, -0.15) is 8.42 Å². The molecule has 1 aliphatic rings. The zero-order valence-corrected chi connectivity index (χ0v) is 32.8. The second kappa shape index (κ2) is 24.6. The summed E-state index contributed by atoms with van der Waals surface area (Å²) in [6.07, 6.45) is 3.76. The summed E-state index contributed by atoms with van der Waals surface area (Å²) in [6, 6.07) is 17.3. The zero-order valence-electron chi connectivity index (χ0n) is 32.0. The molecule has 12 nitrogen and oxygen atoms in total. The van der Waals surface area contributed by atoms with Gasteiger partial charge in [-0.15, -0.1) is 0 Å². The highest BCUT2D eigenvalue weighted by Gasteiger charge is 2.46. The van der Waals surface area contributed by atoms with Crippen molar-refractivity contribution in [3.05, 3.63) is 70.8 Å². The van der Waals surface area contributed by atoms with Crippen LogP contribution in [0.2, 0.25) is 0 Å². The van der Waals surface area contributed by atoms with Crippen molar-refractivity contribution in [3.63, 3.8) is 0 Å². The lowest BCUT2D eigenvalue weighted by atomic mass is 10.00. The summed E-state index contributed by atoms with van der Waals surface area (Å²) in [5, 5.41) is 30.8. The fourth-order valence-corrected chi connectivity index (χ4v) is 6.97. The van der Waals surface area contributed by atoms with Crippen LogP contribution in [0, 0.1) is 0 Å². The van der Waals surface area contributed by atoms with E-state index < -0.39 is 71.2 Å². The molecule has 4 N–H and O–H groups in total. The van der Waals surface area contributed by atoms with Crippen molar-refractivity contribution in [2.45, 2.75) is 153 Å². The predicted molar refractivity (Wildman–Crippen MR) is 204 cm³/mol. The fourth-order valence-electron chi connectivity index (χ4n) is 6.28. The van der Waals surface area contributed by atoms with Crippen LogP contribution in [0.25, 0.3) is 0 Å². The molecule has 1 unspecified atom stereocenters. The highest BCUT2D eigenvalue weighted by Crippen LogP contribution is 2.24. The Morgan fingerprint density at radius 2 is 1.11 bits per heavy atom. The number of esters is 2. The van der Waals surface area contributed by atoms with Gasteiger partial charge < -0.3 is 34.3 Å². The molecule has 1 heterocycles. The lowest BCUT2D eigenvalue weighted by Crippen LogP contribution is -2.60. The Balaban J connectivity index is 1.46. The maximum atomic E-state index is 12.8. The standard InChI is InChI=1S/C41H62O12S/c1-3-5-13-30-19-23-32(24-20-30)15-9-7-11-17-36(42)50-27-34(28-51-41-40(46)39(45)38(44)35(53-41)29-54(47,48)49)52-37(43)18-12-8-10-16-33-25-21-31(22-26-33)14-6-4-2/h19-26,34-35,38-41,44-46H,3-18,27-29H2,1-2H3,(H,47,48,49)/t34?,35-,38-,39+,40-,41+/m1/s1. The third-order valence-corrected chi connectivity index (χ3v) is 10.3. The summed E-state index contributed by atoms with van der Waals surface area (Å²) in [6.45, 7) is 3.58. The molecule has 0 spiro atoms. The van der Waals surface area contributed by atoms with E-state index in [2.05, 4.69) is 62.4 Å². The van der Waals surface area contributed by atoms with E-state index in [-0.39, 0.29) is 19.4 Å².